The van der Waals surface area contributed by atoms with E-state index >= 15 is 0 Å². The fraction of sp³-hybridized carbons (Fsp3) is 0.0556. The first-order valence-electron chi connectivity index (χ1n) is 8.09. The number of aromatic nitrogens is 6. The zero-order valence-electron chi connectivity index (χ0n) is 13.8. The lowest BCUT2D eigenvalue weighted by Crippen LogP contribution is -2.04. The average molecular weight is 379 g/mol. The molecule has 8 nitrogen and oxygen atoms in total. The first-order chi connectivity index (χ1) is 13.3. The summed E-state index contributed by atoms with van der Waals surface area (Å²) in [4.78, 5) is 4.27. The van der Waals surface area contributed by atoms with E-state index in [2.05, 4.69) is 25.4 Å². The van der Waals surface area contributed by atoms with Gasteiger partial charge in [-0.3, -0.25) is 4.98 Å². The van der Waals surface area contributed by atoms with Gasteiger partial charge in [0, 0.05) is 23.0 Å². The molecule has 4 aromatic heterocycles. The van der Waals surface area contributed by atoms with Gasteiger partial charge in [-0.25, -0.2) is 0 Å². The molecule has 0 N–H and O–H groups in total. The molecule has 27 heavy (non-hydrogen) atoms. The summed E-state index contributed by atoms with van der Waals surface area (Å²) in [6.45, 7) is 0.288. The van der Waals surface area contributed by atoms with Crippen molar-refractivity contribution in [3.05, 3.63) is 65.6 Å². The number of pyridine rings is 1. The molecule has 0 saturated heterocycles. The minimum atomic E-state index is 0.161. The van der Waals surface area contributed by atoms with E-state index in [-0.39, 0.29) is 11.8 Å². The van der Waals surface area contributed by atoms with Crippen molar-refractivity contribution in [3.63, 3.8) is 0 Å². The largest absolute Gasteiger partial charge is 0.470 e. The van der Waals surface area contributed by atoms with Crippen molar-refractivity contribution < 1.29 is 9.26 Å². The molecule has 1 aromatic carbocycles. The van der Waals surface area contributed by atoms with Gasteiger partial charge in [-0.05, 0) is 29.8 Å². The van der Waals surface area contributed by atoms with Crippen LogP contribution in [-0.2, 0) is 6.61 Å². The third kappa shape index (κ3) is 2.76. The van der Waals surface area contributed by atoms with Gasteiger partial charge in [0.2, 0.25) is 16.9 Å². The molecular formula is C18H11ClN6O2. The van der Waals surface area contributed by atoms with E-state index in [1.165, 1.54) is 0 Å². The molecule has 4 heterocycles. The van der Waals surface area contributed by atoms with E-state index in [4.69, 9.17) is 20.9 Å². The van der Waals surface area contributed by atoms with Gasteiger partial charge in [-0.15, -0.1) is 15.3 Å². The van der Waals surface area contributed by atoms with Crippen LogP contribution in [0.4, 0.5) is 0 Å². The fourth-order valence-corrected chi connectivity index (χ4v) is 2.94. The van der Waals surface area contributed by atoms with E-state index in [0.717, 1.165) is 16.5 Å². The van der Waals surface area contributed by atoms with Crippen LogP contribution in [0.3, 0.4) is 0 Å². The number of halogens is 1. The monoisotopic (exact) mass is 378 g/mol. The van der Waals surface area contributed by atoms with E-state index in [1.54, 1.807) is 16.8 Å². The third-order valence-electron chi connectivity index (χ3n) is 4.02. The highest BCUT2D eigenvalue weighted by Gasteiger charge is 2.18. The first-order valence-corrected chi connectivity index (χ1v) is 8.47. The second-order valence-corrected chi connectivity index (χ2v) is 6.11. The Balaban J connectivity index is 1.66. The number of hydrogen-bond donors (Lipinski definition) is 0. The molecule has 0 aliphatic rings. The maximum atomic E-state index is 5.96. The third-order valence-corrected chi connectivity index (χ3v) is 4.20. The van der Waals surface area contributed by atoms with Crippen molar-refractivity contribution in [1.29, 1.82) is 0 Å². The van der Waals surface area contributed by atoms with Gasteiger partial charge in [0.15, 0.2) is 11.3 Å². The van der Waals surface area contributed by atoms with Crippen LogP contribution in [0.2, 0.25) is 5.22 Å². The predicted molar refractivity (Wildman–Crippen MR) is 97.4 cm³/mol. The Hall–Kier alpha value is -3.52. The summed E-state index contributed by atoms with van der Waals surface area (Å²) >= 11 is 5.83. The van der Waals surface area contributed by atoms with E-state index < -0.39 is 0 Å². The molecule has 0 aliphatic carbocycles. The van der Waals surface area contributed by atoms with Crippen molar-refractivity contribution in [1.82, 2.24) is 30.0 Å². The quantitative estimate of drug-likeness (QED) is 0.472. The Morgan fingerprint density at radius 1 is 1.04 bits per heavy atom. The van der Waals surface area contributed by atoms with Crippen molar-refractivity contribution in [2.75, 3.05) is 0 Å². The number of fused-ring (bicyclic) bond motifs is 3. The Morgan fingerprint density at radius 3 is 2.67 bits per heavy atom. The average Bonchev–Trinajstić information content (AvgIpc) is 3.33. The van der Waals surface area contributed by atoms with E-state index in [1.807, 2.05) is 42.5 Å². The number of rotatable bonds is 4. The Bertz CT molecular complexity index is 1250. The van der Waals surface area contributed by atoms with Crippen LogP contribution in [0.1, 0.15) is 5.69 Å². The summed E-state index contributed by atoms with van der Waals surface area (Å²) in [6.07, 6.45) is 1.72. The van der Waals surface area contributed by atoms with Gasteiger partial charge in [-0.2, -0.15) is 4.52 Å². The summed E-state index contributed by atoms with van der Waals surface area (Å²) in [5.41, 5.74) is 1.83. The summed E-state index contributed by atoms with van der Waals surface area (Å²) in [5, 5.41) is 18.8. The molecule has 0 bridgehead atoms. The van der Waals surface area contributed by atoms with Crippen LogP contribution in [0.25, 0.3) is 27.9 Å². The molecule has 0 aliphatic heterocycles. The number of hydrogen-bond acceptors (Lipinski definition) is 7. The topological polar surface area (TPSA) is 91.2 Å². The molecular weight excluding hydrogens is 368 g/mol. The zero-order valence-corrected chi connectivity index (χ0v) is 14.5. The van der Waals surface area contributed by atoms with Crippen LogP contribution in [0, 0.1) is 0 Å². The first kappa shape index (κ1) is 15.7. The number of ether oxygens (including phenoxy) is 1. The fourth-order valence-electron chi connectivity index (χ4n) is 2.80. The van der Waals surface area contributed by atoms with Gasteiger partial charge in [0.05, 0.1) is 5.69 Å². The van der Waals surface area contributed by atoms with Crippen LogP contribution in [-0.4, -0.2) is 30.0 Å². The van der Waals surface area contributed by atoms with Crippen LogP contribution in [0.5, 0.6) is 5.88 Å². The van der Waals surface area contributed by atoms with Crippen molar-refractivity contribution in [2.45, 2.75) is 6.61 Å². The predicted octanol–water partition coefficient (Wildman–Crippen LogP) is 3.56. The highest BCUT2D eigenvalue weighted by Crippen LogP contribution is 2.29. The van der Waals surface area contributed by atoms with Crippen molar-refractivity contribution in [3.8, 4) is 17.4 Å². The molecule has 0 atom stereocenters. The molecule has 0 radical (unpaired) electrons. The lowest BCUT2D eigenvalue weighted by molar-refractivity contribution is 0.289. The van der Waals surface area contributed by atoms with E-state index in [9.17, 15) is 0 Å². The lowest BCUT2D eigenvalue weighted by atomic mass is 10.2. The number of benzene rings is 1. The molecule has 0 saturated carbocycles. The Morgan fingerprint density at radius 2 is 1.89 bits per heavy atom. The molecule has 132 valence electrons. The summed E-state index contributed by atoms with van der Waals surface area (Å²) < 4.78 is 12.5. The second-order valence-electron chi connectivity index (χ2n) is 5.74. The smallest absolute Gasteiger partial charge is 0.240 e. The molecule has 0 spiro atoms. The van der Waals surface area contributed by atoms with E-state index in [0.29, 0.717) is 23.0 Å². The highest BCUT2D eigenvalue weighted by atomic mass is 35.5. The lowest BCUT2D eigenvalue weighted by Gasteiger charge is -2.09. The van der Waals surface area contributed by atoms with Gasteiger partial charge in [-0.1, -0.05) is 29.4 Å². The molecule has 0 fully saturated rings. The molecule has 0 amide bonds. The molecule has 5 aromatic rings. The standard InChI is InChI=1S/C18H11ClN6O2/c19-15-9-14(24-27-15)17-22-21-16-12-6-1-2-7-13(12)18(23-25(16)17)26-10-11-5-3-4-8-20-11/h1-9H,10H2. The van der Waals surface area contributed by atoms with Gasteiger partial charge in [0.1, 0.15) is 6.61 Å². The minimum absolute atomic E-state index is 0.161. The Labute approximate surface area is 157 Å². The summed E-state index contributed by atoms with van der Waals surface area (Å²) in [5.74, 6) is 0.855. The Kier molecular flexibility index (Phi) is 3.68. The second kappa shape index (κ2) is 6.33. The normalized spacial score (nSPS) is 11.3. The highest BCUT2D eigenvalue weighted by molar-refractivity contribution is 6.29. The molecule has 0 unspecified atom stereocenters. The zero-order chi connectivity index (χ0) is 18.2. The van der Waals surface area contributed by atoms with Gasteiger partial charge < -0.3 is 9.26 Å². The van der Waals surface area contributed by atoms with Crippen LogP contribution < -0.4 is 4.74 Å². The maximum Gasteiger partial charge on any atom is 0.240 e. The van der Waals surface area contributed by atoms with Gasteiger partial charge >= 0.3 is 0 Å². The summed E-state index contributed by atoms with van der Waals surface area (Å²) in [6, 6.07) is 14.9. The maximum absolute atomic E-state index is 5.96. The van der Waals surface area contributed by atoms with Crippen LogP contribution >= 0.6 is 11.6 Å². The van der Waals surface area contributed by atoms with Gasteiger partial charge in [0.25, 0.3) is 0 Å². The van der Waals surface area contributed by atoms with Crippen molar-refractivity contribution in [2.24, 2.45) is 0 Å². The van der Waals surface area contributed by atoms with Crippen molar-refractivity contribution >= 4 is 28.0 Å². The number of nitrogens with zero attached hydrogens (tertiary/aromatic N) is 6. The summed E-state index contributed by atoms with van der Waals surface area (Å²) in [7, 11) is 0. The van der Waals surface area contributed by atoms with Crippen LogP contribution in [0.15, 0.2) is 59.3 Å². The minimum Gasteiger partial charge on any atom is -0.470 e. The molecule has 9 heteroatoms. The SMILES string of the molecule is Clc1cc(-c2nnc3c4ccccc4c(OCc4ccccn4)nn23)no1. The molecule has 5 rings (SSSR count).